The van der Waals surface area contributed by atoms with E-state index in [1.54, 1.807) is 0 Å². The van der Waals surface area contributed by atoms with Crippen LogP contribution in [0.4, 0.5) is 31.1 Å². The summed E-state index contributed by atoms with van der Waals surface area (Å²) in [5.74, 6) is -2.07. The predicted molar refractivity (Wildman–Crippen MR) is 105 cm³/mol. The molecule has 1 aromatic rings. The quantitative estimate of drug-likeness (QED) is 0.641. The van der Waals surface area contributed by atoms with Crippen molar-refractivity contribution in [2.24, 2.45) is 0 Å². The van der Waals surface area contributed by atoms with Crippen LogP contribution in [0, 0.1) is 11.3 Å². The second-order valence-electron chi connectivity index (χ2n) is 8.13. The molecule has 1 unspecified atom stereocenters. The number of benzene rings is 1. The zero-order valence-electron chi connectivity index (χ0n) is 18.0. The van der Waals surface area contributed by atoms with Gasteiger partial charge in [-0.1, -0.05) is 6.07 Å². The molecule has 186 valence electrons. The summed E-state index contributed by atoms with van der Waals surface area (Å²) in [5.41, 5.74) is -2.28. The van der Waals surface area contributed by atoms with Crippen molar-refractivity contribution in [1.82, 2.24) is 15.1 Å². The number of halogens is 6. The molecule has 34 heavy (non-hydrogen) atoms. The molecule has 2 fully saturated rings. The summed E-state index contributed by atoms with van der Waals surface area (Å²) in [6.07, 6.45) is -10.3. The first-order chi connectivity index (χ1) is 15.9. The van der Waals surface area contributed by atoms with Gasteiger partial charge in [-0.25, -0.2) is 4.79 Å². The van der Waals surface area contributed by atoms with Gasteiger partial charge in [-0.15, -0.1) is 0 Å². The van der Waals surface area contributed by atoms with E-state index < -0.39 is 53.5 Å². The summed E-state index contributed by atoms with van der Waals surface area (Å²) in [6, 6.07) is 0.342. The Morgan fingerprint density at radius 1 is 1.09 bits per heavy atom. The van der Waals surface area contributed by atoms with Gasteiger partial charge in [-0.2, -0.15) is 31.6 Å². The van der Waals surface area contributed by atoms with Crippen LogP contribution in [0.3, 0.4) is 0 Å². The highest BCUT2D eigenvalue weighted by molar-refractivity contribution is 5.82. The maximum atomic E-state index is 13.8. The second kappa shape index (κ2) is 9.69. The lowest BCUT2D eigenvalue weighted by molar-refractivity contribution is -0.156. The van der Waals surface area contributed by atoms with Crippen LogP contribution in [-0.4, -0.2) is 73.3 Å². The molecule has 0 bridgehead atoms. The average Bonchev–Trinajstić information content (AvgIpc) is 3.09. The second-order valence-corrected chi connectivity index (χ2v) is 8.13. The number of carbonyl (C=O) groups excluding carboxylic acids is 2. The average molecular weight is 492 g/mol. The number of ether oxygens (including phenoxy) is 1. The monoisotopic (exact) mass is 492 g/mol. The predicted octanol–water partition coefficient (Wildman–Crippen LogP) is 3.25. The fourth-order valence-corrected chi connectivity index (χ4v) is 4.41. The van der Waals surface area contributed by atoms with E-state index in [0.29, 0.717) is 19.0 Å². The first kappa shape index (κ1) is 25.6. The van der Waals surface area contributed by atoms with Crippen molar-refractivity contribution in [1.29, 1.82) is 5.26 Å². The zero-order valence-corrected chi connectivity index (χ0v) is 18.0. The first-order valence-corrected chi connectivity index (χ1v) is 10.4. The van der Waals surface area contributed by atoms with E-state index in [1.165, 1.54) is 23.0 Å². The highest BCUT2D eigenvalue weighted by Crippen LogP contribution is 2.42. The molecule has 2 saturated heterocycles. The van der Waals surface area contributed by atoms with Gasteiger partial charge in [0, 0.05) is 32.1 Å². The Hall–Kier alpha value is -3.01. The molecule has 0 spiro atoms. The SMILES string of the molecule is COC(=O)N1CCCN(C(=O)[C@@H]2CC(c3ccc(C#N)c(C(F)(F)F)c3)[C@H](C(F)(F)F)N2)CC1. The van der Waals surface area contributed by atoms with Crippen molar-refractivity contribution >= 4 is 12.0 Å². The third kappa shape index (κ3) is 5.38. The standard InChI is InChI=1S/C21H22F6N4O3/c1-34-19(33)31-6-2-5-30(7-8-31)18(32)16-10-14(17(29-16)21(25,26)27)12-3-4-13(11-28)15(9-12)20(22,23)24/h3-4,9,14,16-17,29H,2,5-8,10H2,1H3/t14?,16-,17+/m0/s1. The van der Waals surface area contributed by atoms with Gasteiger partial charge >= 0.3 is 18.4 Å². The molecule has 13 heteroatoms. The highest BCUT2D eigenvalue weighted by atomic mass is 19.4. The van der Waals surface area contributed by atoms with Gasteiger partial charge in [-0.3, -0.25) is 10.1 Å². The van der Waals surface area contributed by atoms with Crippen molar-refractivity contribution in [2.45, 2.75) is 43.2 Å². The largest absolute Gasteiger partial charge is 0.453 e. The zero-order chi connectivity index (χ0) is 25.3. The molecule has 0 aliphatic carbocycles. The van der Waals surface area contributed by atoms with Gasteiger partial charge in [0.25, 0.3) is 0 Å². The Labute approximate surface area is 191 Å². The maximum absolute atomic E-state index is 13.8. The van der Waals surface area contributed by atoms with Crippen molar-refractivity contribution < 1.29 is 40.7 Å². The molecular weight excluding hydrogens is 470 g/mol. The number of hydrogen-bond acceptors (Lipinski definition) is 5. The molecule has 0 radical (unpaired) electrons. The summed E-state index contributed by atoms with van der Waals surface area (Å²) >= 11 is 0. The molecule has 3 atom stereocenters. The molecule has 0 saturated carbocycles. The van der Waals surface area contributed by atoms with E-state index in [0.717, 1.165) is 12.1 Å². The number of rotatable bonds is 2. The third-order valence-electron chi connectivity index (χ3n) is 6.06. The Kier molecular flexibility index (Phi) is 7.30. The number of nitrogens with one attached hydrogen (secondary N) is 1. The van der Waals surface area contributed by atoms with E-state index in [-0.39, 0.29) is 31.6 Å². The minimum atomic E-state index is -4.92. The fraction of sp³-hybridized carbons (Fsp3) is 0.571. The molecule has 2 amide bonds. The number of amides is 2. The van der Waals surface area contributed by atoms with E-state index in [1.807, 2.05) is 0 Å². The lowest BCUT2D eigenvalue weighted by atomic mass is 9.88. The minimum Gasteiger partial charge on any atom is -0.453 e. The summed E-state index contributed by atoms with van der Waals surface area (Å²) in [5, 5.41) is 11.2. The Morgan fingerprint density at radius 3 is 2.32 bits per heavy atom. The first-order valence-electron chi connectivity index (χ1n) is 10.4. The number of alkyl halides is 6. The van der Waals surface area contributed by atoms with Gasteiger partial charge in [0.1, 0.15) is 6.04 Å². The minimum absolute atomic E-state index is 0.0859. The van der Waals surface area contributed by atoms with Crippen LogP contribution in [0.25, 0.3) is 0 Å². The number of hydrogen-bond donors (Lipinski definition) is 1. The summed E-state index contributed by atoms with van der Waals surface area (Å²) in [7, 11) is 1.21. The fourth-order valence-electron chi connectivity index (χ4n) is 4.41. The number of methoxy groups -OCH3 is 1. The molecule has 1 N–H and O–H groups in total. The van der Waals surface area contributed by atoms with Gasteiger partial charge in [0.2, 0.25) is 5.91 Å². The Bertz CT molecular complexity index is 975. The van der Waals surface area contributed by atoms with Gasteiger partial charge in [-0.05, 0) is 30.5 Å². The molecule has 1 aromatic carbocycles. The summed E-state index contributed by atoms with van der Waals surface area (Å²) in [6.45, 7) is 0.749. The molecule has 3 rings (SSSR count). The normalized spacial score (nSPS) is 23.9. The van der Waals surface area contributed by atoms with E-state index in [9.17, 15) is 35.9 Å². The molecular formula is C21H22F6N4O3. The molecule has 2 heterocycles. The maximum Gasteiger partial charge on any atom is 0.417 e. The number of nitrogens with zero attached hydrogens (tertiary/aromatic N) is 3. The highest BCUT2D eigenvalue weighted by Gasteiger charge is 2.52. The van der Waals surface area contributed by atoms with Crippen molar-refractivity contribution in [3.8, 4) is 6.07 Å². The van der Waals surface area contributed by atoms with Gasteiger partial charge in [0.15, 0.2) is 0 Å². The van der Waals surface area contributed by atoms with E-state index >= 15 is 0 Å². The van der Waals surface area contributed by atoms with Crippen molar-refractivity contribution in [3.63, 3.8) is 0 Å². The summed E-state index contributed by atoms with van der Waals surface area (Å²) < 4.78 is 86.0. The molecule has 2 aliphatic heterocycles. The van der Waals surface area contributed by atoms with Crippen LogP contribution in [0.1, 0.15) is 35.4 Å². The van der Waals surface area contributed by atoms with E-state index in [4.69, 9.17) is 5.26 Å². The third-order valence-corrected chi connectivity index (χ3v) is 6.06. The Morgan fingerprint density at radius 2 is 1.74 bits per heavy atom. The van der Waals surface area contributed by atoms with E-state index in [2.05, 4.69) is 10.1 Å². The smallest absolute Gasteiger partial charge is 0.417 e. The van der Waals surface area contributed by atoms with Crippen LogP contribution < -0.4 is 5.32 Å². The summed E-state index contributed by atoms with van der Waals surface area (Å²) in [4.78, 5) is 27.5. The topological polar surface area (TPSA) is 85.7 Å². The van der Waals surface area contributed by atoms with Gasteiger partial charge < -0.3 is 14.5 Å². The van der Waals surface area contributed by atoms with Crippen LogP contribution in [-0.2, 0) is 15.7 Å². The molecule has 7 nitrogen and oxygen atoms in total. The lowest BCUT2D eigenvalue weighted by Crippen LogP contribution is -2.49. The van der Waals surface area contributed by atoms with Crippen LogP contribution in [0.2, 0.25) is 0 Å². The lowest BCUT2D eigenvalue weighted by Gasteiger charge is -2.25. The van der Waals surface area contributed by atoms with Crippen LogP contribution >= 0.6 is 0 Å². The number of nitriles is 1. The van der Waals surface area contributed by atoms with Crippen molar-refractivity contribution in [3.05, 3.63) is 34.9 Å². The molecule has 2 aliphatic rings. The van der Waals surface area contributed by atoms with Gasteiger partial charge in [0.05, 0.1) is 30.3 Å². The van der Waals surface area contributed by atoms with Crippen LogP contribution in [0.15, 0.2) is 18.2 Å². The molecule has 0 aromatic heterocycles. The number of carbonyl (C=O) groups is 2. The van der Waals surface area contributed by atoms with Crippen LogP contribution in [0.5, 0.6) is 0 Å². The van der Waals surface area contributed by atoms with Crippen molar-refractivity contribution in [2.75, 3.05) is 33.3 Å². The Balaban J connectivity index is 1.84.